The molecule has 0 aliphatic heterocycles. The highest BCUT2D eigenvalue weighted by molar-refractivity contribution is 5.97. The largest absolute Gasteiger partial charge is 0.493 e. The molecule has 3 rings (SSSR count). The van der Waals surface area contributed by atoms with E-state index >= 15 is 0 Å². The lowest BCUT2D eigenvalue weighted by Gasteiger charge is -2.09. The number of benzene rings is 2. The van der Waals surface area contributed by atoms with Crippen LogP contribution in [0.15, 0.2) is 54.7 Å². The van der Waals surface area contributed by atoms with E-state index < -0.39 is 5.97 Å². The topological polar surface area (TPSA) is 121 Å². The molecule has 0 amide bonds. The SMILES string of the molecule is N=C(N)Nc1ccc(C(=O)Oc2cccc3c(O)nccc23)cc1. The fourth-order valence-electron chi connectivity index (χ4n) is 2.26. The highest BCUT2D eigenvalue weighted by atomic mass is 16.5. The number of fused-ring (bicyclic) bond motifs is 1. The number of aromatic nitrogens is 1. The van der Waals surface area contributed by atoms with Gasteiger partial charge in [0, 0.05) is 22.7 Å². The second-order valence-electron chi connectivity index (χ2n) is 4.99. The van der Waals surface area contributed by atoms with Crippen LogP contribution in [-0.2, 0) is 0 Å². The van der Waals surface area contributed by atoms with Crippen molar-refractivity contribution in [1.82, 2.24) is 4.98 Å². The van der Waals surface area contributed by atoms with Crippen LogP contribution in [0.25, 0.3) is 10.8 Å². The molecule has 5 N–H and O–H groups in total. The van der Waals surface area contributed by atoms with Crippen molar-refractivity contribution in [3.63, 3.8) is 0 Å². The fraction of sp³-hybridized carbons (Fsp3) is 0. The minimum Gasteiger partial charge on any atom is -0.493 e. The van der Waals surface area contributed by atoms with Crippen LogP contribution in [-0.4, -0.2) is 22.0 Å². The normalized spacial score (nSPS) is 10.3. The Hall–Kier alpha value is -3.61. The quantitative estimate of drug-likeness (QED) is 0.254. The number of anilines is 1. The summed E-state index contributed by atoms with van der Waals surface area (Å²) in [5.74, 6) is -0.506. The molecule has 0 aliphatic carbocycles. The first-order valence-electron chi connectivity index (χ1n) is 7.04. The van der Waals surface area contributed by atoms with Gasteiger partial charge in [0.05, 0.1) is 5.56 Å². The first-order chi connectivity index (χ1) is 11.5. The van der Waals surface area contributed by atoms with Gasteiger partial charge in [-0.15, -0.1) is 0 Å². The van der Waals surface area contributed by atoms with Crippen LogP contribution in [0.3, 0.4) is 0 Å². The molecule has 120 valence electrons. The van der Waals surface area contributed by atoms with Gasteiger partial charge in [0.2, 0.25) is 5.88 Å². The van der Waals surface area contributed by atoms with Crippen LogP contribution in [0.4, 0.5) is 5.69 Å². The van der Waals surface area contributed by atoms with Crippen molar-refractivity contribution in [2.75, 3.05) is 5.32 Å². The van der Waals surface area contributed by atoms with E-state index in [1.54, 1.807) is 48.5 Å². The summed E-state index contributed by atoms with van der Waals surface area (Å²) in [5, 5.41) is 20.6. The van der Waals surface area contributed by atoms with Gasteiger partial charge in [-0.2, -0.15) is 0 Å². The molecule has 0 aliphatic rings. The molecule has 0 saturated carbocycles. The average molecular weight is 322 g/mol. The van der Waals surface area contributed by atoms with Crippen molar-refractivity contribution in [2.45, 2.75) is 0 Å². The minimum absolute atomic E-state index is 0.120. The maximum atomic E-state index is 12.3. The number of guanidine groups is 1. The van der Waals surface area contributed by atoms with Crippen molar-refractivity contribution >= 4 is 28.4 Å². The Balaban J connectivity index is 1.85. The third-order valence-electron chi connectivity index (χ3n) is 3.35. The van der Waals surface area contributed by atoms with E-state index in [0.717, 1.165) is 0 Å². The lowest BCUT2D eigenvalue weighted by atomic mass is 10.1. The number of pyridine rings is 1. The van der Waals surface area contributed by atoms with Crippen molar-refractivity contribution in [3.05, 3.63) is 60.3 Å². The predicted molar refractivity (Wildman–Crippen MR) is 90.3 cm³/mol. The predicted octanol–water partition coefficient (Wildman–Crippen LogP) is 2.46. The van der Waals surface area contributed by atoms with Crippen LogP contribution in [0.2, 0.25) is 0 Å². The molecule has 0 spiro atoms. The van der Waals surface area contributed by atoms with E-state index in [0.29, 0.717) is 27.8 Å². The van der Waals surface area contributed by atoms with Crippen molar-refractivity contribution in [1.29, 1.82) is 5.41 Å². The molecular weight excluding hydrogens is 308 g/mol. The third kappa shape index (κ3) is 3.09. The molecule has 0 atom stereocenters. The maximum absolute atomic E-state index is 12.3. The number of esters is 1. The van der Waals surface area contributed by atoms with Gasteiger partial charge in [-0.25, -0.2) is 9.78 Å². The number of nitrogens with one attached hydrogen (secondary N) is 2. The van der Waals surface area contributed by atoms with Gasteiger partial charge in [-0.05, 0) is 42.5 Å². The monoisotopic (exact) mass is 322 g/mol. The summed E-state index contributed by atoms with van der Waals surface area (Å²) < 4.78 is 5.42. The zero-order chi connectivity index (χ0) is 17.1. The standard InChI is InChI=1S/C17H14N4O3/c18-17(19)21-11-6-4-10(5-7-11)16(23)24-14-3-1-2-13-12(14)8-9-20-15(13)22/h1-9H,(H,20,22)(H4,18,19,21). The van der Waals surface area contributed by atoms with Gasteiger partial charge < -0.3 is 20.9 Å². The van der Waals surface area contributed by atoms with E-state index in [1.807, 2.05) is 0 Å². The summed E-state index contributed by atoms with van der Waals surface area (Å²) >= 11 is 0. The number of nitrogens with two attached hydrogens (primary N) is 1. The number of nitrogens with zero attached hydrogens (tertiary/aromatic N) is 1. The zero-order valence-electron chi connectivity index (χ0n) is 12.5. The number of hydrogen-bond acceptors (Lipinski definition) is 5. The molecule has 7 heteroatoms. The van der Waals surface area contributed by atoms with Crippen LogP contribution >= 0.6 is 0 Å². The highest BCUT2D eigenvalue weighted by Gasteiger charge is 2.12. The molecule has 0 bridgehead atoms. The fourth-order valence-corrected chi connectivity index (χ4v) is 2.26. The van der Waals surface area contributed by atoms with E-state index in [-0.39, 0.29) is 11.8 Å². The number of hydrogen-bond donors (Lipinski definition) is 4. The lowest BCUT2D eigenvalue weighted by molar-refractivity contribution is 0.0737. The lowest BCUT2D eigenvalue weighted by Crippen LogP contribution is -2.20. The summed E-state index contributed by atoms with van der Waals surface area (Å²) in [4.78, 5) is 16.1. The third-order valence-corrected chi connectivity index (χ3v) is 3.35. The molecule has 0 saturated heterocycles. The van der Waals surface area contributed by atoms with Crippen molar-refractivity contribution < 1.29 is 14.6 Å². The summed E-state index contributed by atoms with van der Waals surface area (Å²) in [6, 6.07) is 13.1. The molecule has 0 fully saturated rings. The molecule has 1 heterocycles. The molecule has 3 aromatic rings. The van der Waals surface area contributed by atoms with Gasteiger partial charge >= 0.3 is 5.97 Å². The second kappa shape index (κ2) is 6.25. The van der Waals surface area contributed by atoms with E-state index in [4.69, 9.17) is 15.9 Å². The van der Waals surface area contributed by atoms with Crippen molar-refractivity contribution in [2.24, 2.45) is 5.73 Å². The number of carbonyl (C=O) groups excluding carboxylic acids is 1. The van der Waals surface area contributed by atoms with Gasteiger partial charge in [0.1, 0.15) is 5.75 Å². The average Bonchev–Trinajstić information content (AvgIpc) is 2.56. The van der Waals surface area contributed by atoms with Crippen LogP contribution in [0.5, 0.6) is 11.6 Å². The smallest absolute Gasteiger partial charge is 0.343 e. The Morgan fingerprint density at radius 1 is 1.12 bits per heavy atom. The number of carbonyl (C=O) groups is 1. The summed E-state index contributed by atoms with van der Waals surface area (Å²) in [6.07, 6.45) is 1.44. The van der Waals surface area contributed by atoms with Gasteiger partial charge in [0.15, 0.2) is 5.96 Å². The number of rotatable bonds is 3. The first kappa shape index (κ1) is 15.3. The summed E-state index contributed by atoms with van der Waals surface area (Å²) in [5.41, 5.74) is 6.19. The van der Waals surface area contributed by atoms with Gasteiger partial charge in [-0.3, -0.25) is 5.41 Å². The second-order valence-corrected chi connectivity index (χ2v) is 4.99. The van der Waals surface area contributed by atoms with Crippen LogP contribution in [0, 0.1) is 5.41 Å². The minimum atomic E-state index is -0.534. The van der Waals surface area contributed by atoms with Gasteiger partial charge in [0.25, 0.3) is 0 Å². The summed E-state index contributed by atoms with van der Waals surface area (Å²) in [6.45, 7) is 0. The Morgan fingerprint density at radius 3 is 2.58 bits per heavy atom. The van der Waals surface area contributed by atoms with Crippen LogP contribution in [0.1, 0.15) is 10.4 Å². The molecule has 0 radical (unpaired) electrons. The molecule has 2 aromatic carbocycles. The Morgan fingerprint density at radius 2 is 1.88 bits per heavy atom. The van der Waals surface area contributed by atoms with E-state index in [9.17, 15) is 9.90 Å². The Labute approximate surface area is 137 Å². The van der Waals surface area contributed by atoms with Gasteiger partial charge in [-0.1, -0.05) is 6.07 Å². The Bertz CT molecular complexity index is 923. The summed E-state index contributed by atoms with van der Waals surface area (Å²) in [7, 11) is 0. The van der Waals surface area contributed by atoms with Crippen molar-refractivity contribution in [3.8, 4) is 11.6 Å². The Kier molecular flexibility index (Phi) is 3.98. The first-order valence-corrected chi connectivity index (χ1v) is 7.04. The maximum Gasteiger partial charge on any atom is 0.343 e. The molecule has 7 nitrogen and oxygen atoms in total. The molecule has 0 unspecified atom stereocenters. The number of aromatic hydroxyl groups is 1. The number of ether oxygens (including phenoxy) is 1. The molecule has 24 heavy (non-hydrogen) atoms. The zero-order valence-corrected chi connectivity index (χ0v) is 12.5. The van der Waals surface area contributed by atoms with Crippen LogP contribution < -0.4 is 15.8 Å². The van der Waals surface area contributed by atoms with E-state index in [2.05, 4.69) is 10.3 Å². The van der Waals surface area contributed by atoms with E-state index in [1.165, 1.54) is 6.20 Å². The highest BCUT2D eigenvalue weighted by Crippen LogP contribution is 2.30. The molecule has 1 aromatic heterocycles. The molecular formula is C17H14N4O3.